The number of ketones is 1. The lowest BCUT2D eigenvalue weighted by Crippen LogP contribution is -2.04. The van der Waals surface area contributed by atoms with Gasteiger partial charge >= 0.3 is 11.9 Å². The minimum Gasteiger partial charge on any atom is -0.461 e. The maximum absolute atomic E-state index is 11.5. The molecule has 4 aromatic rings. The summed E-state index contributed by atoms with van der Waals surface area (Å²) in [5.74, 6) is 0.146. The van der Waals surface area contributed by atoms with Crippen LogP contribution >= 0.6 is 22.7 Å². The van der Waals surface area contributed by atoms with Crippen molar-refractivity contribution < 1.29 is 37.8 Å². The van der Waals surface area contributed by atoms with Crippen molar-refractivity contribution in [3.63, 3.8) is 0 Å². The van der Waals surface area contributed by atoms with Gasteiger partial charge in [0.05, 0.1) is 13.2 Å². The number of carbonyl (C=O) groups is 3. The van der Waals surface area contributed by atoms with Crippen LogP contribution in [0.15, 0.2) is 19.6 Å². The Balaban J connectivity index is 0.000000211. The van der Waals surface area contributed by atoms with E-state index in [9.17, 15) is 19.5 Å². The van der Waals surface area contributed by atoms with Gasteiger partial charge in [0.25, 0.3) is 5.89 Å². The molecule has 4 aromatic heterocycles. The number of aliphatic hydroxyl groups excluding tert-OH is 1. The lowest BCUT2D eigenvalue weighted by Gasteiger charge is -1.96. The van der Waals surface area contributed by atoms with Gasteiger partial charge in [0, 0.05) is 17.7 Å². The number of aromatic nitrogens is 4. The zero-order valence-electron chi connectivity index (χ0n) is 21.6. The van der Waals surface area contributed by atoms with Gasteiger partial charge in [-0.1, -0.05) is 0 Å². The predicted molar refractivity (Wildman–Crippen MR) is 137 cm³/mol. The first-order valence-corrected chi connectivity index (χ1v) is 13.2. The molecule has 0 aliphatic carbocycles. The third kappa shape index (κ3) is 6.76. The maximum Gasteiger partial charge on any atom is 0.357 e. The molecule has 4 rings (SSSR count). The number of carbonyl (C=O) groups excluding carboxylic acids is 3. The summed E-state index contributed by atoms with van der Waals surface area (Å²) >= 11 is 2.53. The smallest absolute Gasteiger partial charge is 0.357 e. The molecule has 12 nitrogen and oxygen atoms in total. The van der Waals surface area contributed by atoms with Crippen LogP contribution in [0.2, 0.25) is 0 Å². The van der Waals surface area contributed by atoms with Crippen molar-refractivity contribution in [2.24, 2.45) is 0 Å². The second kappa shape index (κ2) is 12.7. The average molecular weight is 563 g/mol. The monoisotopic (exact) mass is 562 g/mol. The van der Waals surface area contributed by atoms with Crippen molar-refractivity contribution in [2.75, 3.05) is 13.2 Å². The predicted octanol–water partition coefficient (Wildman–Crippen LogP) is 4.82. The number of thiazole rings is 2. The fourth-order valence-corrected chi connectivity index (χ4v) is 4.55. The molecule has 0 aliphatic heterocycles. The first-order valence-electron chi connectivity index (χ1n) is 11.4. The van der Waals surface area contributed by atoms with Crippen LogP contribution in [0.3, 0.4) is 0 Å². The van der Waals surface area contributed by atoms with Crippen LogP contribution < -0.4 is 0 Å². The highest BCUT2D eigenvalue weighted by Crippen LogP contribution is 2.29. The van der Waals surface area contributed by atoms with Crippen molar-refractivity contribution >= 4 is 40.4 Å². The van der Waals surface area contributed by atoms with Gasteiger partial charge in [0.15, 0.2) is 11.4 Å². The van der Waals surface area contributed by atoms with E-state index in [1.807, 2.05) is 0 Å². The molecule has 4 heterocycles. The van der Waals surface area contributed by atoms with Gasteiger partial charge in [-0.05, 0) is 34.6 Å². The zero-order valence-corrected chi connectivity index (χ0v) is 23.2. The van der Waals surface area contributed by atoms with Gasteiger partial charge in [-0.3, -0.25) is 4.79 Å². The molecule has 202 valence electrons. The Labute approximate surface area is 225 Å². The van der Waals surface area contributed by atoms with Crippen LogP contribution in [-0.2, 0) is 9.47 Å². The summed E-state index contributed by atoms with van der Waals surface area (Å²) in [7, 11) is 0. The highest BCUT2D eigenvalue weighted by Gasteiger charge is 2.21. The summed E-state index contributed by atoms with van der Waals surface area (Å²) in [6.45, 7) is 10.4. The normalized spacial score (nSPS) is 11.4. The van der Waals surface area contributed by atoms with Crippen LogP contribution in [0.5, 0.6) is 0 Å². The van der Waals surface area contributed by atoms with Crippen molar-refractivity contribution in [1.29, 1.82) is 0 Å². The van der Waals surface area contributed by atoms with Crippen LogP contribution in [0.1, 0.15) is 82.9 Å². The molecule has 1 unspecified atom stereocenters. The SMILES string of the molecule is CCOC(=O)c1csc(-c2nc(C(C)=O)oc2C)n1.CCOC(=O)c1csc(-c2nc(C(C)O)oc2C)n1. The van der Waals surface area contributed by atoms with Crippen molar-refractivity contribution in [3.8, 4) is 21.4 Å². The summed E-state index contributed by atoms with van der Waals surface area (Å²) < 4.78 is 20.3. The third-order valence-electron chi connectivity index (χ3n) is 4.65. The van der Waals surface area contributed by atoms with Crippen LogP contribution in [-0.4, -0.2) is 56.0 Å². The van der Waals surface area contributed by atoms with E-state index in [1.54, 1.807) is 45.4 Å². The van der Waals surface area contributed by atoms with Crippen LogP contribution in [0.25, 0.3) is 21.4 Å². The molecule has 14 heteroatoms. The molecular formula is C24H26N4O8S2. The Morgan fingerprint density at radius 3 is 1.74 bits per heavy atom. The lowest BCUT2D eigenvalue weighted by atomic mass is 10.4. The fourth-order valence-electron chi connectivity index (χ4n) is 2.90. The number of oxazole rings is 2. The highest BCUT2D eigenvalue weighted by atomic mass is 32.1. The summed E-state index contributed by atoms with van der Waals surface area (Å²) in [5.41, 5.74) is 1.50. The van der Waals surface area contributed by atoms with E-state index in [-0.39, 0.29) is 29.0 Å². The van der Waals surface area contributed by atoms with Crippen LogP contribution in [0, 0.1) is 13.8 Å². The quantitative estimate of drug-likeness (QED) is 0.230. The molecule has 0 aromatic carbocycles. The van der Waals surface area contributed by atoms with Gasteiger partial charge in [0.1, 0.15) is 39.0 Å². The molecule has 38 heavy (non-hydrogen) atoms. The van der Waals surface area contributed by atoms with E-state index in [2.05, 4.69) is 19.9 Å². The first kappa shape index (κ1) is 28.8. The van der Waals surface area contributed by atoms with Crippen molar-refractivity contribution in [2.45, 2.75) is 47.6 Å². The van der Waals surface area contributed by atoms with Crippen molar-refractivity contribution in [1.82, 2.24) is 19.9 Å². The molecule has 0 saturated carbocycles. The topological polar surface area (TPSA) is 168 Å². The van der Waals surface area contributed by atoms with Gasteiger partial charge in [-0.25, -0.2) is 29.5 Å². The van der Waals surface area contributed by atoms with Gasteiger partial charge in [-0.2, -0.15) is 0 Å². The number of aryl methyl sites for hydroxylation is 2. The van der Waals surface area contributed by atoms with E-state index in [0.29, 0.717) is 46.1 Å². The minimum absolute atomic E-state index is 0.0420. The number of aliphatic hydroxyl groups is 1. The molecule has 0 fully saturated rings. The highest BCUT2D eigenvalue weighted by molar-refractivity contribution is 7.13. The minimum atomic E-state index is -0.781. The molecule has 0 aliphatic rings. The molecule has 0 saturated heterocycles. The number of Topliss-reactive ketones (excluding diaryl/α,β-unsaturated/α-hetero) is 1. The van der Waals surface area contributed by atoms with E-state index < -0.39 is 18.0 Å². The molecule has 0 spiro atoms. The molecular weight excluding hydrogens is 536 g/mol. The largest absolute Gasteiger partial charge is 0.461 e. The molecule has 0 radical (unpaired) electrons. The maximum atomic E-state index is 11.5. The number of rotatable bonds is 8. The molecule has 0 bridgehead atoms. The number of hydrogen-bond acceptors (Lipinski definition) is 14. The summed E-state index contributed by atoms with van der Waals surface area (Å²) in [5, 5.41) is 13.7. The van der Waals surface area contributed by atoms with Crippen LogP contribution in [0.4, 0.5) is 0 Å². The Bertz CT molecular complexity index is 1430. The summed E-state index contributed by atoms with van der Waals surface area (Å²) in [6, 6.07) is 0. The van der Waals surface area contributed by atoms with E-state index >= 15 is 0 Å². The average Bonchev–Trinajstić information content (AvgIpc) is 3.65. The summed E-state index contributed by atoms with van der Waals surface area (Å²) in [4.78, 5) is 50.8. The van der Waals surface area contributed by atoms with Gasteiger partial charge in [0.2, 0.25) is 11.7 Å². The number of esters is 2. The number of hydrogen-bond donors (Lipinski definition) is 1. The summed E-state index contributed by atoms with van der Waals surface area (Å²) in [6.07, 6.45) is -0.781. The Morgan fingerprint density at radius 2 is 1.34 bits per heavy atom. The second-order valence-electron chi connectivity index (χ2n) is 7.63. The fraction of sp³-hybridized carbons (Fsp3) is 0.375. The molecule has 1 N–H and O–H groups in total. The number of ether oxygens (including phenoxy) is 2. The van der Waals surface area contributed by atoms with Gasteiger partial charge in [-0.15, -0.1) is 22.7 Å². The standard InChI is InChI=1S/C12H14N2O4S.C12H12N2O4S/c2*1-4-17-12(16)8-5-19-11(13-8)9-7(3)18-10(14-9)6(2)15/h5-6,15H,4H2,1-3H3;5H,4H2,1-3H3. The Kier molecular flexibility index (Phi) is 9.61. The molecule has 0 amide bonds. The third-order valence-corrected chi connectivity index (χ3v) is 6.35. The second-order valence-corrected chi connectivity index (χ2v) is 9.35. The molecule has 1 atom stereocenters. The lowest BCUT2D eigenvalue weighted by molar-refractivity contribution is 0.0511. The van der Waals surface area contributed by atoms with E-state index in [0.717, 1.165) is 0 Å². The van der Waals surface area contributed by atoms with Crippen molar-refractivity contribution in [3.05, 3.63) is 45.4 Å². The first-order chi connectivity index (χ1) is 18.0. The Hall–Kier alpha value is -3.75. The Morgan fingerprint density at radius 1 is 0.868 bits per heavy atom. The zero-order chi connectivity index (χ0) is 28.0. The van der Waals surface area contributed by atoms with Gasteiger partial charge < -0.3 is 23.4 Å². The van der Waals surface area contributed by atoms with E-state index in [4.69, 9.17) is 18.3 Å². The van der Waals surface area contributed by atoms with E-state index in [1.165, 1.54) is 29.6 Å². The number of nitrogens with zero attached hydrogens (tertiary/aromatic N) is 4.